The number of nitrogens with one attached hydrogen (secondary N) is 3. The highest BCUT2D eigenvalue weighted by Gasteiger charge is 2.47. The molecule has 1 fully saturated rings. The van der Waals surface area contributed by atoms with Crippen molar-refractivity contribution in [1.29, 1.82) is 0 Å². The Morgan fingerprint density at radius 2 is 2.05 bits per heavy atom. The molecule has 1 aliphatic heterocycles. The average molecular weight is 311 g/mol. The molecule has 2 aliphatic rings. The number of unbranched alkanes of at least 4 members (excludes halogenated alkanes) is 1. The first-order valence-corrected chi connectivity index (χ1v) is 9.15. The zero-order valence-corrected chi connectivity index (χ0v) is 14.7. The minimum absolute atomic E-state index is 0.0224. The predicted octanol–water partition coefficient (Wildman–Crippen LogP) is 2.51. The highest BCUT2D eigenvalue weighted by atomic mass is 32.2. The van der Waals surface area contributed by atoms with Gasteiger partial charge >= 0.3 is 0 Å². The van der Waals surface area contributed by atoms with Crippen LogP contribution in [0.3, 0.4) is 0 Å². The van der Waals surface area contributed by atoms with E-state index in [1.165, 1.54) is 19.3 Å². The van der Waals surface area contributed by atoms with Crippen LogP contribution in [-0.2, 0) is 0 Å². The Morgan fingerprint density at radius 3 is 2.57 bits per heavy atom. The fourth-order valence-electron chi connectivity index (χ4n) is 2.36. The Balaban J connectivity index is 2.21. The molecule has 0 aromatic carbocycles. The molecule has 6 heteroatoms. The van der Waals surface area contributed by atoms with Crippen LogP contribution in [0.1, 0.15) is 53.4 Å². The van der Waals surface area contributed by atoms with Crippen molar-refractivity contribution < 1.29 is 0 Å². The Labute approximate surface area is 132 Å². The van der Waals surface area contributed by atoms with Gasteiger partial charge in [0.1, 0.15) is 0 Å². The lowest BCUT2D eigenvalue weighted by atomic mass is 10.1. The van der Waals surface area contributed by atoms with Crippen molar-refractivity contribution in [1.82, 2.24) is 16.0 Å². The third-order valence-electron chi connectivity index (χ3n) is 3.53. The maximum atomic E-state index is 4.91. The highest BCUT2D eigenvalue weighted by Crippen LogP contribution is 2.42. The summed E-state index contributed by atoms with van der Waals surface area (Å²) >= 11 is 1.64. The van der Waals surface area contributed by atoms with Crippen molar-refractivity contribution in [3.63, 3.8) is 0 Å². The van der Waals surface area contributed by atoms with Gasteiger partial charge in [-0.15, -0.1) is 0 Å². The van der Waals surface area contributed by atoms with E-state index < -0.39 is 5.79 Å². The number of rotatable bonds is 5. The van der Waals surface area contributed by atoms with Gasteiger partial charge in [0, 0.05) is 11.5 Å². The van der Waals surface area contributed by atoms with Crippen molar-refractivity contribution in [2.24, 2.45) is 15.9 Å². The molecular formula is C15H29N5S. The molecule has 0 aromatic rings. The molecule has 1 atom stereocenters. The summed E-state index contributed by atoms with van der Waals surface area (Å²) in [6.07, 6.45) is 6.80. The lowest BCUT2D eigenvalue weighted by molar-refractivity contribution is 0.300. The van der Waals surface area contributed by atoms with E-state index >= 15 is 0 Å². The van der Waals surface area contributed by atoms with Crippen molar-refractivity contribution in [2.75, 3.05) is 12.8 Å². The molecule has 21 heavy (non-hydrogen) atoms. The van der Waals surface area contributed by atoms with Crippen molar-refractivity contribution >= 4 is 22.9 Å². The summed E-state index contributed by atoms with van der Waals surface area (Å²) in [6.45, 7) is 9.60. The standard InChI is InChI=1S/C15H29N5S/c1-6-7-10-16-15(11-8-9-11)19-12(18-14(2,3)4)17-13(20-15)21-5/h11,16H,6-10H2,1-5H3,(H2,17,18,19,20). The van der Waals surface area contributed by atoms with Crippen molar-refractivity contribution in [3.8, 4) is 0 Å². The maximum absolute atomic E-state index is 4.91. The second-order valence-electron chi connectivity index (χ2n) is 6.86. The molecule has 3 N–H and O–H groups in total. The molecule has 120 valence electrons. The van der Waals surface area contributed by atoms with Crippen LogP contribution in [0.4, 0.5) is 0 Å². The molecule has 0 aromatic heterocycles. The lowest BCUT2D eigenvalue weighted by Crippen LogP contribution is -2.57. The van der Waals surface area contributed by atoms with E-state index in [0.29, 0.717) is 5.92 Å². The first-order chi connectivity index (χ1) is 9.88. The second kappa shape index (κ2) is 6.57. The number of amidine groups is 1. The van der Waals surface area contributed by atoms with Gasteiger partial charge in [0.25, 0.3) is 0 Å². The number of aliphatic imine (C=N–C) groups is 2. The molecular weight excluding hydrogens is 282 g/mol. The summed E-state index contributed by atoms with van der Waals surface area (Å²) in [7, 11) is 0. The minimum atomic E-state index is -0.466. The van der Waals surface area contributed by atoms with Crippen LogP contribution in [0.15, 0.2) is 9.98 Å². The predicted molar refractivity (Wildman–Crippen MR) is 92.8 cm³/mol. The molecule has 2 rings (SSSR count). The number of thioether (sulfide) groups is 1. The van der Waals surface area contributed by atoms with Gasteiger partial charge in [-0.1, -0.05) is 25.1 Å². The van der Waals surface area contributed by atoms with Crippen LogP contribution >= 0.6 is 11.8 Å². The lowest BCUT2D eigenvalue weighted by Gasteiger charge is -2.35. The van der Waals surface area contributed by atoms with Crippen LogP contribution in [0.25, 0.3) is 0 Å². The van der Waals surface area contributed by atoms with Gasteiger partial charge in [-0.25, -0.2) is 9.98 Å². The minimum Gasteiger partial charge on any atom is -0.351 e. The molecule has 0 amide bonds. The van der Waals surface area contributed by atoms with Crippen LogP contribution in [0.5, 0.6) is 0 Å². The monoisotopic (exact) mass is 311 g/mol. The topological polar surface area (TPSA) is 60.8 Å². The SMILES string of the molecule is CCCCNC1(C2CC2)N=C(NC(C)(C)C)NC(SC)=N1. The molecule has 0 radical (unpaired) electrons. The largest absolute Gasteiger partial charge is 0.351 e. The molecule has 0 bridgehead atoms. The number of nitrogens with zero attached hydrogens (tertiary/aromatic N) is 2. The summed E-state index contributed by atoms with van der Waals surface area (Å²) in [4.78, 5) is 9.79. The molecule has 1 unspecified atom stereocenters. The zero-order valence-electron chi connectivity index (χ0n) is 13.9. The number of guanidine groups is 1. The van der Waals surface area contributed by atoms with Crippen molar-refractivity contribution in [3.05, 3.63) is 0 Å². The molecule has 1 saturated carbocycles. The molecule has 0 saturated heterocycles. The first-order valence-electron chi connectivity index (χ1n) is 7.92. The van der Waals surface area contributed by atoms with Gasteiger partial charge in [0.15, 0.2) is 5.17 Å². The Morgan fingerprint density at radius 1 is 1.33 bits per heavy atom. The Hall–Kier alpha value is -0.750. The summed E-state index contributed by atoms with van der Waals surface area (Å²) < 4.78 is 0. The fourth-order valence-corrected chi connectivity index (χ4v) is 2.79. The van der Waals surface area contributed by atoms with E-state index in [1.807, 2.05) is 0 Å². The second-order valence-corrected chi connectivity index (χ2v) is 7.66. The van der Waals surface area contributed by atoms with E-state index in [0.717, 1.165) is 24.1 Å². The summed E-state index contributed by atoms with van der Waals surface area (Å²) in [5, 5.41) is 11.3. The first kappa shape index (κ1) is 16.6. The van der Waals surface area contributed by atoms with Crippen LogP contribution in [-0.4, -0.2) is 35.3 Å². The highest BCUT2D eigenvalue weighted by molar-refractivity contribution is 8.13. The van der Waals surface area contributed by atoms with E-state index in [-0.39, 0.29) is 5.54 Å². The summed E-state index contributed by atoms with van der Waals surface area (Å²) in [6, 6.07) is 0. The van der Waals surface area contributed by atoms with Gasteiger partial charge in [-0.3, -0.25) is 5.32 Å². The van der Waals surface area contributed by atoms with Crippen LogP contribution in [0.2, 0.25) is 0 Å². The molecule has 1 heterocycles. The molecule has 5 nitrogen and oxygen atoms in total. The van der Waals surface area contributed by atoms with E-state index in [2.05, 4.69) is 49.9 Å². The van der Waals surface area contributed by atoms with Crippen LogP contribution < -0.4 is 16.0 Å². The number of hydrogen-bond donors (Lipinski definition) is 3. The van der Waals surface area contributed by atoms with Gasteiger partial charge in [0.05, 0.1) is 0 Å². The normalized spacial score (nSPS) is 26.0. The van der Waals surface area contributed by atoms with Gasteiger partial charge < -0.3 is 10.6 Å². The third kappa shape index (κ3) is 4.61. The molecule has 0 spiro atoms. The fraction of sp³-hybridized carbons (Fsp3) is 0.867. The molecule has 1 aliphatic carbocycles. The maximum Gasteiger partial charge on any atom is 0.213 e. The van der Waals surface area contributed by atoms with E-state index in [4.69, 9.17) is 9.98 Å². The smallest absolute Gasteiger partial charge is 0.213 e. The van der Waals surface area contributed by atoms with Crippen LogP contribution in [0, 0.1) is 5.92 Å². The van der Waals surface area contributed by atoms with Gasteiger partial charge in [0.2, 0.25) is 11.7 Å². The van der Waals surface area contributed by atoms with E-state index in [1.54, 1.807) is 11.8 Å². The van der Waals surface area contributed by atoms with Gasteiger partial charge in [-0.2, -0.15) is 0 Å². The van der Waals surface area contributed by atoms with E-state index in [9.17, 15) is 0 Å². The summed E-state index contributed by atoms with van der Waals surface area (Å²) in [5.41, 5.74) is -0.0224. The third-order valence-corrected chi connectivity index (χ3v) is 4.11. The van der Waals surface area contributed by atoms with Gasteiger partial charge in [-0.05, 0) is 52.8 Å². The van der Waals surface area contributed by atoms with Crippen molar-refractivity contribution in [2.45, 2.75) is 64.7 Å². The zero-order chi connectivity index (χ0) is 15.5. The summed E-state index contributed by atoms with van der Waals surface area (Å²) in [5.74, 6) is 0.889. The Kier molecular flexibility index (Phi) is 5.20. The average Bonchev–Trinajstić information content (AvgIpc) is 3.21. The number of hydrogen-bond acceptors (Lipinski definition) is 6. The Bertz CT molecular complexity index is 422. The quantitative estimate of drug-likeness (QED) is 0.683.